The number of aromatic nitrogens is 3. The van der Waals surface area contributed by atoms with Crippen molar-refractivity contribution >= 4 is 59.3 Å². The first-order valence-electron chi connectivity index (χ1n) is 17.9. The number of unbranched alkanes of at least 4 members (excludes halogenated alkanes) is 1. The van der Waals surface area contributed by atoms with Crippen LogP contribution in [0.5, 0.6) is 11.5 Å². The zero-order valence-corrected chi connectivity index (χ0v) is 30.9. The van der Waals surface area contributed by atoms with Crippen LogP contribution >= 0.6 is 7.82 Å². The summed E-state index contributed by atoms with van der Waals surface area (Å²) in [5.74, 6) is -1.81. The lowest BCUT2D eigenvalue weighted by Gasteiger charge is -2.16. The lowest BCUT2D eigenvalue weighted by molar-refractivity contribution is -0.197. The molecule has 1 saturated heterocycles. The smallest absolute Gasteiger partial charge is 0.504 e. The molecular formula is C36H45N6O11P. The summed E-state index contributed by atoms with van der Waals surface area (Å²) in [6.07, 6.45) is 4.64. The van der Waals surface area contributed by atoms with Crippen molar-refractivity contribution in [3.8, 4) is 11.5 Å². The summed E-state index contributed by atoms with van der Waals surface area (Å²) in [5.41, 5.74) is 9.65. The molecule has 3 amide bonds. The maximum Gasteiger partial charge on any atom is 0.524 e. The van der Waals surface area contributed by atoms with Crippen LogP contribution in [-0.2, 0) is 52.7 Å². The minimum Gasteiger partial charge on any atom is -0.504 e. The highest BCUT2D eigenvalue weighted by atomic mass is 31.2. The van der Waals surface area contributed by atoms with Gasteiger partial charge in [0.05, 0.1) is 17.6 Å². The maximum absolute atomic E-state index is 12.1. The average molecular weight is 769 g/mol. The molecule has 6 N–H and O–H groups in total. The number of hydrogen-bond acceptors (Lipinski definition) is 12. The van der Waals surface area contributed by atoms with Crippen LogP contribution in [0.1, 0.15) is 81.7 Å². The average Bonchev–Trinajstić information content (AvgIpc) is 3.64. The van der Waals surface area contributed by atoms with Gasteiger partial charge in [0.1, 0.15) is 11.3 Å². The number of nitrogens with one attached hydrogen (secondary N) is 1. The molecule has 0 spiro atoms. The van der Waals surface area contributed by atoms with Crippen LogP contribution in [0, 0.1) is 0 Å². The Morgan fingerprint density at radius 3 is 2.48 bits per heavy atom. The van der Waals surface area contributed by atoms with E-state index in [4.69, 9.17) is 24.8 Å². The van der Waals surface area contributed by atoms with Gasteiger partial charge in [-0.15, -0.1) is 5.06 Å². The Bertz CT molecular complexity index is 2050. The fourth-order valence-corrected chi connectivity index (χ4v) is 6.56. The van der Waals surface area contributed by atoms with E-state index < -0.39 is 31.4 Å². The third-order valence-electron chi connectivity index (χ3n) is 8.74. The number of hydroxylamine groups is 2. The molecule has 18 heteroatoms. The van der Waals surface area contributed by atoms with Crippen LogP contribution in [0.2, 0.25) is 0 Å². The number of nitrogen functional groups attached to an aromatic ring is 1. The number of aromatic hydroxyl groups is 1. The standard InChI is InChI=1S/C36H45N6O11P/c1-2-3-11-28-40-33-34(41(28)22-24-9-4-10-27(43)35(24)53-54(48,49)50)25-21-23(14-15-26(25)39-36(33)37)8-6-19-51-20-7-18-38-29(44)12-5-13-32(47)52-42-30(45)16-17-31(42)46/h4,9-10,14-15,21,43H,2-3,5-8,11-13,16-20,22H2,1H3,(H2,37,39)(H,38,44)(H2,48,49,50). The molecule has 1 fully saturated rings. The number of fused-ring (bicyclic) bond motifs is 3. The highest BCUT2D eigenvalue weighted by Crippen LogP contribution is 2.44. The Morgan fingerprint density at radius 1 is 0.981 bits per heavy atom. The van der Waals surface area contributed by atoms with Crippen molar-refractivity contribution in [1.29, 1.82) is 0 Å². The minimum absolute atomic E-state index is 0.0193. The van der Waals surface area contributed by atoms with Gasteiger partial charge >= 0.3 is 13.8 Å². The predicted octanol–water partition coefficient (Wildman–Crippen LogP) is 3.97. The predicted molar refractivity (Wildman–Crippen MR) is 196 cm³/mol. The molecule has 4 aromatic rings. The normalized spacial score (nSPS) is 13.3. The summed E-state index contributed by atoms with van der Waals surface area (Å²) in [6.45, 7) is 3.49. The van der Waals surface area contributed by atoms with Crippen molar-refractivity contribution in [2.45, 2.75) is 84.1 Å². The summed E-state index contributed by atoms with van der Waals surface area (Å²) in [5, 5.41) is 14.5. The molecule has 0 unspecified atom stereocenters. The number of imide groups is 1. The number of carbonyl (C=O) groups excluding carboxylic acids is 4. The number of carbonyl (C=O) groups is 4. The van der Waals surface area contributed by atoms with Gasteiger partial charge in [0, 0.05) is 62.8 Å². The molecule has 2 aromatic carbocycles. The Morgan fingerprint density at radius 2 is 1.74 bits per heavy atom. The monoisotopic (exact) mass is 768 g/mol. The zero-order valence-electron chi connectivity index (χ0n) is 30.0. The fourth-order valence-electron chi connectivity index (χ4n) is 6.12. The van der Waals surface area contributed by atoms with Crippen molar-refractivity contribution in [3.63, 3.8) is 0 Å². The summed E-state index contributed by atoms with van der Waals surface area (Å²) < 4.78 is 24.4. The van der Waals surface area contributed by atoms with Crippen LogP contribution in [0.4, 0.5) is 5.82 Å². The van der Waals surface area contributed by atoms with Gasteiger partial charge in [-0.1, -0.05) is 31.5 Å². The zero-order chi connectivity index (χ0) is 38.8. The number of ether oxygens (including phenoxy) is 1. The highest BCUT2D eigenvalue weighted by Gasteiger charge is 2.32. The first-order valence-corrected chi connectivity index (χ1v) is 19.4. The van der Waals surface area contributed by atoms with Gasteiger partial charge in [0.25, 0.3) is 11.8 Å². The van der Waals surface area contributed by atoms with Crippen molar-refractivity contribution in [3.05, 3.63) is 53.3 Å². The summed E-state index contributed by atoms with van der Waals surface area (Å²) in [4.78, 5) is 80.4. The van der Waals surface area contributed by atoms with Crippen molar-refractivity contribution in [2.24, 2.45) is 0 Å². The van der Waals surface area contributed by atoms with E-state index in [1.54, 1.807) is 12.1 Å². The molecule has 290 valence electrons. The summed E-state index contributed by atoms with van der Waals surface area (Å²) in [6, 6.07) is 10.4. The van der Waals surface area contributed by atoms with E-state index in [2.05, 4.69) is 17.2 Å². The summed E-state index contributed by atoms with van der Waals surface area (Å²) in [7, 11) is -4.97. The Hall–Kier alpha value is -5.09. The van der Waals surface area contributed by atoms with Crippen molar-refractivity contribution in [2.75, 3.05) is 25.5 Å². The lowest BCUT2D eigenvalue weighted by atomic mass is 10.1. The Labute approximate surface area is 311 Å². The molecule has 0 radical (unpaired) electrons. The van der Waals surface area contributed by atoms with Gasteiger partial charge in [0.2, 0.25) is 5.91 Å². The fraction of sp³-hybridized carbons (Fsp3) is 0.444. The van der Waals surface area contributed by atoms with Crippen LogP contribution in [-0.4, -0.2) is 77.9 Å². The number of hydrogen-bond donors (Lipinski definition) is 5. The summed E-state index contributed by atoms with van der Waals surface area (Å²) >= 11 is 0. The Kier molecular flexibility index (Phi) is 13.6. The van der Waals surface area contributed by atoms with Gasteiger partial charge in [0.15, 0.2) is 17.3 Å². The van der Waals surface area contributed by atoms with E-state index in [0.29, 0.717) is 72.0 Å². The van der Waals surface area contributed by atoms with E-state index in [9.17, 15) is 38.6 Å². The molecule has 3 heterocycles. The largest absolute Gasteiger partial charge is 0.524 e. The molecule has 0 bridgehead atoms. The van der Waals surface area contributed by atoms with E-state index in [1.807, 2.05) is 22.8 Å². The van der Waals surface area contributed by atoms with Crippen molar-refractivity contribution < 1.29 is 52.7 Å². The number of imidazole rings is 1. The molecule has 0 saturated carbocycles. The number of nitrogens with two attached hydrogens (primary N) is 1. The number of phosphoric ester groups is 1. The van der Waals surface area contributed by atoms with Gasteiger partial charge in [-0.2, -0.15) is 0 Å². The second-order valence-corrected chi connectivity index (χ2v) is 14.1. The van der Waals surface area contributed by atoms with E-state index in [0.717, 1.165) is 30.2 Å². The van der Waals surface area contributed by atoms with Crippen LogP contribution in [0.25, 0.3) is 21.9 Å². The van der Waals surface area contributed by atoms with Gasteiger partial charge in [-0.25, -0.2) is 19.3 Å². The van der Waals surface area contributed by atoms with Crippen molar-refractivity contribution in [1.82, 2.24) is 24.9 Å². The van der Waals surface area contributed by atoms with Gasteiger partial charge in [-0.3, -0.25) is 24.2 Å². The number of para-hydroxylation sites is 1. The number of phosphoric acid groups is 1. The minimum atomic E-state index is -4.97. The second kappa shape index (κ2) is 18.3. The number of pyridine rings is 1. The SMILES string of the molecule is CCCCc1nc2c(N)nc3ccc(CCCOCCCNC(=O)CCCC(=O)ON4C(=O)CCC4=O)cc3c2n1Cc1cccc(O)c1OP(=O)(O)O. The molecule has 54 heavy (non-hydrogen) atoms. The van der Waals surface area contributed by atoms with Crippen LogP contribution in [0.3, 0.4) is 0 Å². The quantitative estimate of drug-likeness (QED) is 0.0485. The molecule has 0 atom stereocenters. The maximum atomic E-state index is 12.1. The number of phenolic OH excluding ortho intramolecular Hbond substituents is 1. The Balaban J connectivity index is 1.15. The first kappa shape index (κ1) is 40.1. The molecule has 2 aromatic heterocycles. The lowest BCUT2D eigenvalue weighted by Crippen LogP contribution is -2.32. The van der Waals surface area contributed by atoms with Gasteiger partial charge < -0.3 is 34.8 Å². The first-order chi connectivity index (χ1) is 25.8. The molecule has 0 aliphatic carbocycles. The molecule has 5 rings (SSSR count). The number of nitrogens with zero attached hydrogens (tertiary/aromatic N) is 4. The van der Waals surface area contributed by atoms with E-state index >= 15 is 0 Å². The number of benzene rings is 2. The number of anilines is 1. The third-order valence-corrected chi connectivity index (χ3v) is 9.16. The molecular weight excluding hydrogens is 723 g/mol. The van der Waals surface area contributed by atoms with E-state index in [-0.39, 0.29) is 56.1 Å². The number of rotatable bonds is 20. The third kappa shape index (κ3) is 10.5. The molecule has 1 aliphatic heterocycles. The number of phenols is 1. The molecule has 1 aliphatic rings. The van der Waals surface area contributed by atoms with E-state index in [1.165, 1.54) is 6.07 Å². The van der Waals surface area contributed by atoms with Crippen LogP contribution < -0.4 is 15.6 Å². The van der Waals surface area contributed by atoms with Crippen LogP contribution in [0.15, 0.2) is 36.4 Å². The van der Waals surface area contributed by atoms with Gasteiger partial charge in [-0.05, 0) is 55.9 Å². The topological polar surface area (TPSA) is 246 Å². The number of aryl methyl sites for hydroxylation is 2. The highest BCUT2D eigenvalue weighted by molar-refractivity contribution is 7.46. The molecule has 17 nitrogen and oxygen atoms in total. The number of amides is 3. The second-order valence-electron chi connectivity index (χ2n) is 12.9.